The molecule has 3 aromatic rings. The molecule has 0 saturated carbocycles. The summed E-state index contributed by atoms with van der Waals surface area (Å²) in [5.41, 5.74) is 5.37. The molecule has 6 nitrogen and oxygen atoms in total. The van der Waals surface area contributed by atoms with E-state index in [4.69, 9.17) is 0 Å². The number of hydrogen-bond donors (Lipinski definition) is 2. The molecule has 1 aliphatic heterocycles. The number of carbonyl (C=O) groups excluding carboxylic acids is 2. The Bertz CT molecular complexity index is 1030. The normalized spacial score (nSPS) is 13.0. The van der Waals surface area contributed by atoms with Gasteiger partial charge >= 0.3 is 0 Å². The van der Waals surface area contributed by atoms with Crippen LogP contribution in [0.2, 0.25) is 0 Å². The van der Waals surface area contributed by atoms with Crippen molar-refractivity contribution in [3.63, 3.8) is 0 Å². The van der Waals surface area contributed by atoms with Crippen molar-refractivity contribution in [1.82, 2.24) is 9.78 Å². The van der Waals surface area contributed by atoms with E-state index in [1.807, 2.05) is 50.2 Å². The minimum Gasteiger partial charge on any atom is -0.326 e. The average molecular weight is 360 g/mol. The van der Waals surface area contributed by atoms with E-state index >= 15 is 0 Å². The number of nitrogens with one attached hydrogen (secondary N) is 2. The van der Waals surface area contributed by atoms with Crippen molar-refractivity contribution in [3.8, 4) is 5.69 Å². The molecule has 0 unspecified atom stereocenters. The van der Waals surface area contributed by atoms with Crippen LogP contribution in [-0.4, -0.2) is 21.6 Å². The maximum Gasteiger partial charge on any atom is 0.256 e. The van der Waals surface area contributed by atoms with Gasteiger partial charge in [0.1, 0.15) is 0 Å². The van der Waals surface area contributed by atoms with Crippen LogP contribution in [0.3, 0.4) is 0 Å². The Morgan fingerprint density at radius 1 is 1.07 bits per heavy atom. The summed E-state index contributed by atoms with van der Waals surface area (Å²) >= 11 is 0. The minimum absolute atomic E-state index is 0.0109. The highest BCUT2D eigenvalue weighted by Gasteiger charge is 2.17. The third kappa shape index (κ3) is 3.46. The number of anilines is 2. The van der Waals surface area contributed by atoms with Crippen LogP contribution in [0.25, 0.3) is 5.69 Å². The van der Waals surface area contributed by atoms with Crippen LogP contribution < -0.4 is 10.6 Å². The lowest BCUT2D eigenvalue weighted by Gasteiger charge is -2.17. The fraction of sp³-hybridized carbons (Fsp3) is 0.190. The number of nitrogens with zero attached hydrogens (tertiary/aromatic N) is 2. The fourth-order valence-corrected chi connectivity index (χ4v) is 3.20. The van der Waals surface area contributed by atoms with E-state index in [0.29, 0.717) is 24.2 Å². The monoisotopic (exact) mass is 360 g/mol. The Morgan fingerprint density at radius 3 is 2.63 bits per heavy atom. The number of carbonyl (C=O) groups is 2. The highest BCUT2D eigenvalue weighted by atomic mass is 16.2. The van der Waals surface area contributed by atoms with Gasteiger partial charge in [-0.25, -0.2) is 4.68 Å². The molecule has 2 amide bonds. The maximum absolute atomic E-state index is 12.6. The lowest BCUT2D eigenvalue weighted by atomic mass is 10.00. The summed E-state index contributed by atoms with van der Waals surface area (Å²) in [7, 11) is 0. The van der Waals surface area contributed by atoms with Gasteiger partial charge in [0.2, 0.25) is 5.91 Å². The van der Waals surface area contributed by atoms with Gasteiger partial charge in [-0.05, 0) is 56.2 Å². The first-order valence-electron chi connectivity index (χ1n) is 8.87. The van der Waals surface area contributed by atoms with Crippen molar-refractivity contribution in [1.29, 1.82) is 0 Å². The van der Waals surface area contributed by atoms with Gasteiger partial charge in [0.05, 0.1) is 5.69 Å². The molecule has 1 aliphatic rings. The molecule has 6 heteroatoms. The summed E-state index contributed by atoms with van der Waals surface area (Å²) in [5, 5.41) is 10.2. The second kappa shape index (κ2) is 6.72. The van der Waals surface area contributed by atoms with E-state index in [1.165, 1.54) is 5.56 Å². The summed E-state index contributed by atoms with van der Waals surface area (Å²) in [5.74, 6) is 0.296. The molecule has 0 atom stereocenters. The molecule has 0 spiro atoms. The summed E-state index contributed by atoms with van der Waals surface area (Å²) < 4.78 is 1.80. The summed E-state index contributed by atoms with van der Waals surface area (Å²) in [6.07, 6.45) is 1.08. The summed E-state index contributed by atoms with van der Waals surface area (Å²) in [4.78, 5) is 24.1. The molecule has 0 saturated heterocycles. The smallest absolute Gasteiger partial charge is 0.256 e. The second-order valence-corrected chi connectivity index (χ2v) is 6.79. The van der Waals surface area contributed by atoms with Crippen molar-refractivity contribution < 1.29 is 9.59 Å². The van der Waals surface area contributed by atoms with Crippen LogP contribution in [0, 0.1) is 13.8 Å². The molecule has 0 radical (unpaired) electrons. The zero-order chi connectivity index (χ0) is 19.0. The molecular weight excluding hydrogens is 340 g/mol. The Balaban J connectivity index is 1.54. The number of amides is 2. The van der Waals surface area contributed by atoms with E-state index < -0.39 is 0 Å². The van der Waals surface area contributed by atoms with E-state index in [1.54, 1.807) is 16.8 Å². The molecule has 2 N–H and O–H groups in total. The number of rotatable bonds is 3. The van der Waals surface area contributed by atoms with Crippen LogP contribution in [0.15, 0.2) is 48.5 Å². The van der Waals surface area contributed by atoms with E-state index in [-0.39, 0.29) is 11.8 Å². The predicted molar refractivity (Wildman–Crippen MR) is 104 cm³/mol. The number of hydrogen-bond acceptors (Lipinski definition) is 3. The highest BCUT2D eigenvalue weighted by Crippen LogP contribution is 2.24. The zero-order valence-corrected chi connectivity index (χ0v) is 15.2. The van der Waals surface area contributed by atoms with Crippen molar-refractivity contribution >= 4 is 23.3 Å². The zero-order valence-electron chi connectivity index (χ0n) is 15.2. The molecule has 2 heterocycles. The molecule has 136 valence electrons. The molecule has 4 rings (SSSR count). The molecule has 2 aromatic carbocycles. The maximum atomic E-state index is 12.6. The SMILES string of the molecule is Cc1ccc(-n2nc(NC(=O)c3ccc4c(c3)CCC(=O)N4)cc2C)cc1. The average Bonchev–Trinajstić information content (AvgIpc) is 3.02. The van der Waals surface area contributed by atoms with Gasteiger partial charge in [0, 0.05) is 29.4 Å². The molecule has 0 aliphatic carbocycles. The second-order valence-electron chi connectivity index (χ2n) is 6.79. The molecular formula is C21H20N4O2. The first-order valence-corrected chi connectivity index (χ1v) is 8.87. The Hall–Kier alpha value is -3.41. The van der Waals surface area contributed by atoms with Crippen molar-refractivity contribution in [2.45, 2.75) is 26.7 Å². The van der Waals surface area contributed by atoms with Gasteiger partial charge in [-0.1, -0.05) is 17.7 Å². The van der Waals surface area contributed by atoms with Crippen LogP contribution in [0.5, 0.6) is 0 Å². The van der Waals surface area contributed by atoms with E-state index in [0.717, 1.165) is 22.6 Å². The number of fused-ring (bicyclic) bond motifs is 1. The Morgan fingerprint density at radius 2 is 1.85 bits per heavy atom. The quantitative estimate of drug-likeness (QED) is 0.749. The van der Waals surface area contributed by atoms with Crippen LogP contribution >= 0.6 is 0 Å². The van der Waals surface area contributed by atoms with E-state index in [2.05, 4.69) is 15.7 Å². The lowest BCUT2D eigenvalue weighted by molar-refractivity contribution is -0.116. The topological polar surface area (TPSA) is 76.0 Å². The lowest BCUT2D eigenvalue weighted by Crippen LogP contribution is -2.20. The van der Waals surface area contributed by atoms with Gasteiger partial charge in [0.15, 0.2) is 5.82 Å². The summed E-state index contributed by atoms with van der Waals surface area (Å²) in [6, 6.07) is 15.2. The molecule has 0 fully saturated rings. The van der Waals surface area contributed by atoms with Gasteiger partial charge in [-0.2, -0.15) is 0 Å². The number of benzene rings is 2. The Labute approximate surface area is 157 Å². The summed E-state index contributed by atoms with van der Waals surface area (Å²) in [6.45, 7) is 3.99. The minimum atomic E-state index is -0.219. The van der Waals surface area contributed by atoms with Crippen molar-refractivity contribution in [2.75, 3.05) is 10.6 Å². The van der Waals surface area contributed by atoms with Crippen molar-refractivity contribution in [3.05, 3.63) is 70.9 Å². The highest BCUT2D eigenvalue weighted by molar-refractivity contribution is 6.04. The first-order chi connectivity index (χ1) is 13.0. The third-order valence-electron chi connectivity index (χ3n) is 4.67. The van der Waals surface area contributed by atoms with Gasteiger partial charge in [-0.15, -0.1) is 5.10 Å². The van der Waals surface area contributed by atoms with Gasteiger partial charge < -0.3 is 10.6 Å². The Kier molecular flexibility index (Phi) is 4.24. The van der Waals surface area contributed by atoms with Gasteiger partial charge in [0.25, 0.3) is 5.91 Å². The molecule has 27 heavy (non-hydrogen) atoms. The van der Waals surface area contributed by atoms with Crippen LogP contribution in [0.4, 0.5) is 11.5 Å². The standard InChI is InChI=1S/C21H20N4O2/c1-13-3-7-17(8-4-13)25-14(2)11-19(24-25)23-21(27)16-5-9-18-15(12-16)6-10-20(26)22-18/h3-5,7-9,11-12H,6,10H2,1-2H3,(H,22,26)(H,23,24,27). The van der Waals surface area contributed by atoms with Crippen LogP contribution in [-0.2, 0) is 11.2 Å². The largest absolute Gasteiger partial charge is 0.326 e. The van der Waals surface area contributed by atoms with E-state index in [9.17, 15) is 9.59 Å². The first kappa shape index (κ1) is 17.0. The number of aryl methyl sites for hydroxylation is 3. The fourth-order valence-electron chi connectivity index (χ4n) is 3.20. The predicted octanol–water partition coefficient (Wildman–Crippen LogP) is 3.63. The van der Waals surface area contributed by atoms with Crippen molar-refractivity contribution in [2.24, 2.45) is 0 Å². The molecule has 1 aromatic heterocycles. The van der Waals surface area contributed by atoms with Gasteiger partial charge in [-0.3, -0.25) is 9.59 Å². The number of aromatic nitrogens is 2. The van der Waals surface area contributed by atoms with Crippen LogP contribution in [0.1, 0.15) is 33.6 Å². The molecule has 0 bridgehead atoms. The third-order valence-corrected chi connectivity index (χ3v) is 4.67.